The first-order valence-corrected chi connectivity index (χ1v) is 5.56. The van der Waals surface area contributed by atoms with E-state index in [1.807, 2.05) is 42.5 Å². The van der Waals surface area contributed by atoms with Gasteiger partial charge < -0.3 is 4.74 Å². The summed E-state index contributed by atoms with van der Waals surface area (Å²) in [6, 6.07) is 18.0. The molecule has 0 N–H and O–H groups in total. The number of terminal acetylenes is 1. The zero-order chi connectivity index (χ0) is 11.9. The van der Waals surface area contributed by atoms with Crippen molar-refractivity contribution in [1.82, 2.24) is 0 Å². The third-order valence-electron chi connectivity index (χ3n) is 2.50. The molecule has 0 amide bonds. The Morgan fingerprint density at radius 2 is 1.41 bits per heavy atom. The lowest BCUT2D eigenvalue weighted by molar-refractivity contribution is 0.107. The molecule has 0 fully saturated rings. The maximum absolute atomic E-state index is 5.63. The van der Waals surface area contributed by atoms with Gasteiger partial charge in [0.25, 0.3) is 0 Å². The summed E-state index contributed by atoms with van der Waals surface area (Å²) < 4.78 is 5.63. The molecule has 0 saturated heterocycles. The summed E-state index contributed by atoms with van der Waals surface area (Å²) in [5.41, 5.74) is 3.23. The summed E-state index contributed by atoms with van der Waals surface area (Å²) in [6.45, 7) is 1.25. The summed E-state index contributed by atoms with van der Waals surface area (Å²) in [5.74, 6) is 2.60. The van der Waals surface area contributed by atoms with Gasteiger partial charge in [0, 0.05) is 5.56 Å². The standard InChI is InChI=1S/C16H14O/c1-2-14-8-10-16(11-9-14)13-17-12-15-6-4-3-5-7-15/h1,3-11H,12-13H2. The van der Waals surface area contributed by atoms with Crippen LogP contribution < -0.4 is 0 Å². The molecule has 2 aromatic carbocycles. The van der Waals surface area contributed by atoms with Gasteiger partial charge in [-0.2, -0.15) is 0 Å². The molecular formula is C16H14O. The van der Waals surface area contributed by atoms with Gasteiger partial charge in [-0.15, -0.1) is 6.42 Å². The Hall–Kier alpha value is -2.04. The van der Waals surface area contributed by atoms with Gasteiger partial charge in [0.05, 0.1) is 13.2 Å². The molecule has 0 heterocycles. The van der Waals surface area contributed by atoms with Crippen molar-refractivity contribution in [2.75, 3.05) is 0 Å². The molecule has 0 radical (unpaired) electrons. The predicted octanol–water partition coefficient (Wildman–Crippen LogP) is 3.38. The van der Waals surface area contributed by atoms with Crippen molar-refractivity contribution in [3.63, 3.8) is 0 Å². The smallest absolute Gasteiger partial charge is 0.0721 e. The molecule has 1 nitrogen and oxygen atoms in total. The first-order valence-electron chi connectivity index (χ1n) is 5.56. The van der Waals surface area contributed by atoms with Gasteiger partial charge in [-0.25, -0.2) is 0 Å². The second-order valence-corrected chi connectivity index (χ2v) is 3.82. The lowest BCUT2D eigenvalue weighted by atomic mass is 10.1. The fraction of sp³-hybridized carbons (Fsp3) is 0.125. The van der Waals surface area contributed by atoms with Gasteiger partial charge >= 0.3 is 0 Å². The fourth-order valence-corrected chi connectivity index (χ4v) is 1.56. The van der Waals surface area contributed by atoms with Crippen LogP contribution >= 0.6 is 0 Å². The molecule has 0 saturated carbocycles. The maximum Gasteiger partial charge on any atom is 0.0721 e. The van der Waals surface area contributed by atoms with Crippen LogP contribution in [0.4, 0.5) is 0 Å². The van der Waals surface area contributed by atoms with Crippen molar-refractivity contribution in [3.8, 4) is 12.3 Å². The Bertz CT molecular complexity index is 491. The second kappa shape index (κ2) is 5.89. The van der Waals surface area contributed by atoms with Crippen molar-refractivity contribution >= 4 is 0 Å². The molecule has 0 spiro atoms. The summed E-state index contributed by atoms with van der Waals surface area (Å²) in [5, 5.41) is 0. The van der Waals surface area contributed by atoms with Crippen molar-refractivity contribution in [3.05, 3.63) is 71.3 Å². The highest BCUT2D eigenvalue weighted by Gasteiger charge is 1.95. The van der Waals surface area contributed by atoms with Gasteiger partial charge in [0.2, 0.25) is 0 Å². The highest BCUT2D eigenvalue weighted by Crippen LogP contribution is 2.07. The van der Waals surface area contributed by atoms with Crippen molar-refractivity contribution in [1.29, 1.82) is 0 Å². The van der Waals surface area contributed by atoms with Crippen LogP contribution in [0.25, 0.3) is 0 Å². The average molecular weight is 222 g/mol. The fourth-order valence-electron chi connectivity index (χ4n) is 1.56. The summed E-state index contributed by atoms with van der Waals surface area (Å²) in [4.78, 5) is 0. The maximum atomic E-state index is 5.63. The van der Waals surface area contributed by atoms with Crippen LogP contribution in [0.15, 0.2) is 54.6 Å². The molecule has 0 aromatic heterocycles. The average Bonchev–Trinajstić information content (AvgIpc) is 2.41. The third kappa shape index (κ3) is 3.48. The molecule has 84 valence electrons. The van der Waals surface area contributed by atoms with E-state index in [1.165, 1.54) is 5.56 Å². The van der Waals surface area contributed by atoms with Crippen LogP contribution in [0.1, 0.15) is 16.7 Å². The van der Waals surface area contributed by atoms with E-state index in [1.54, 1.807) is 0 Å². The quantitative estimate of drug-likeness (QED) is 0.720. The molecule has 0 unspecified atom stereocenters. The normalized spacial score (nSPS) is 9.82. The van der Waals surface area contributed by atoms with Gasteiger partial charge in [0.1, 0.15) is 0 Å². The minimum Gasteiger partial charge on any atom is -0.372 e. The first kappa shape index (κ1) is 11.4. The van der Waals surface area contributed by atoms with Gasteiger partial charge in [0.15, 0.2) is 0 Å². The van der Waals surface area contributed by atoms with E-state index in [9.17, 15) is 0 Å². The Balaban J connectivity index is 1.84. The van der Waals surface area contributed by atoms with Crippen molar-refractivity contribution in [2.45, 2.75) is 13.2 Å². The van der Waals surface area contributed by atoms with Gasteiger partial charge in [-0.05, 0) is 23.3 Å². The molecule has 2 rings (SSSR count). The first-order chi connectivity index (χ1) is 8.38. The summed E-state index contributed by atoms with van der Waals surface area (Å²) in [6.07, 6.45) is 5.29. The lowest BCUT2D eigenvalue weighted by Crippen LogP contribution is -1.93. The molecule has 0 atom stereocenters. The van der Waals surface area contributed by atoms with E-state index in [2.05, 4.69) is 18.1 Å². The van der Waals surface area contributed by atoms with Crippen molar-refractivity contribution in [2.24, 2.45) is 0 Å². The van der Waals surface area contributed by atoms with Crippen LogP contribution in [0, 0.1) is 12.3 Å². The Morgan fingerprint density at radius 1 is 0.824 bits per heavy atom. The number of benzene rings is 2. The van der Waals surface area contributed by atoms with Crippen LogP contribution in [-0.4, -0.2) is 0 Å². The molecular weight excluding hydrogens is 208 g/mol. The molecule has 2 aromatic rings. The highest BCUT2D eigenvalue weighted by molar-refractivity contribution is 5.33. The summed E-state index contributed by atoms with van der Waals surface area (Å²) in [7, 11) is 0. The van der Waals surface area contributed by atoms with E-state index < -0.39 is 0 Å². The van der Waals surface area contributed by atoms with Crippen LogP contribution in [-0.2, 0) is 18.0 Å². The number of hydrogen-bond acceptors (Lipinski definition) is 1. The largest absolute Gasteiger partial charge is 0.372 e. The third-order valence-corrected chi connectivity index (χ3v) is 2.50. The number of ether oxygens (including phenoxy) is 1. The second-order valence-electron chi connectivity index (χ2n) is 3.82. The van der Waals surface area contributed by atoms with Gasteiger partial charge in [-0.3, -0.25) is 0 Å². The van der Waals surface area contributed by atoms with E-state index in [0.29, 0.717) is 13.2 Å². The van der Waals surface area contributed by atoms with Crippen LogP contribution in [0.5, 0.6) is 0 Å². The lowest BCUT2D eigenvalue weighted by Gasteiger charge is -2.04. The van der Waals surface area contributed by atoms with E-state index in [0.717, 1.165) is 11.1 Å². The molecule has 0 aliphatic rings. The number of hydrogen-bond donors (Lipinski definition) is 0. The molecule has 1 heteroatoms. The van der Waals surface area contributed by atoms with Gasteiger partial charge in [-0.1, -0.05) is 48.4 Å². The Labute approximate surface area is 102 Å². The molecule has 17 heavy (non-hydrogen) atoms. The zero-order valence-electron chi connectivity index (χ0n) is 9.60. The molecule has 0 bridgehead atoms. The predicted molar refractivity (Wildman–Crippen MR) is 69.3 cm³/mol. The van der Waals surface area contributed by atoms with Crippen LogP contribution in [0.3, 0.4) is 0 Å². The monoisotopic (exact) mass is 222 g/mol. The van der Waals surface area contributed by atoms with Crippen molar-refractivity contribution < 1.29 is 4.74 Å². The van der Waals surface area contributed by atoms with Crippen LogP contribution in [0.2, 0.25) is 0 Å². The topological polar surface area (TPSA) is 9.23 Å². The minimum absolute atomic E-state index is 0.611. The van der Waals surface area contributed by atoms with E-state index in [4.69, 9.17) is 11.2 Å². The molecule has 0 aliphatic carbocycles. The highest BCUT2D eigenvalue weighted by atomic mass is 16.5. The Morgan fingerprint density at radius 3 is 2.00 bits per heavy atom. The minimum atomic E-state index is 0.611. The van der Waals surface area contributed by atoms with E-state index in [-0.39, 0.29) is 0 Å². The summed E-state index contributed by atoms with van der Waals surface area (Å²) >= 11 is 0. The zero-order valence-corrected chi connectivity index (χ0v) is 9.60. The Kier molecular flexibility index (Phi) is 3.96. The number of rotatable bonds is 4. The van der Waals surface area contributed by atoms with E-state index >= 15 is 0 Å². The molecule has 0 aliphatic heterocycles. The SMILES string of the molecule is C#Cc1ccc(COCc2ccccc2)cc1.